The molecular weight excluding hydrogens is 330 g/mol. The zero-order valence-corrected chi connectivity index (χ0v) is 13.6. The van der Waals surface area contributed by atoms with Crippen molar-refractivity contribution in [3.63, 3.8) is 0 Å². The lowest BCUT2D eigenvalue weighted by molar-refractivity contribution is 0.146. The second kappa shape index (κ2) is 8.80. The van der Waals surface area contributed by atoms with E-state index in [4.69, 9.17) is 9.47 Å². The lowest BCUT2D eigenvalue weighted by atomic mass is 9.98. The molecule has 1 N–H and O–H groups in total. The molecule has 0 amide bonds. The van der Waals surface area contributed by atoms with Gasteiger partial charge in [-0.25, -0.2) is 0 Å². The van der Waals surface area contributed by atoms with Crippen LogP contribution in [0.5, 0.6) is 5.75 Å². The van der Waals surface area contributed by atoms with Gasteiger partial charge >= 0.3 is 0 Å². The number of rotatable bonds is 6. The van der Waals surface area contributed by atoms with E-state index in [2.05, 4.69) is 33.4 Å². The van der Waals surface area contributed by atoms with E-state index < -0.39 is 0 Å². The van der Waals surface area contributed by atoms with E-state index in [1.165, 1.54) is 16.5 Å². The maximum atomic E-state index is 5.65. The number of nitrogens with one attached hydrogen (secondary N) is 1. The monoisotopic (exact) mass is 349 g/mol. The largest absolute Gasteiger partial charge is 0.491 e. The molecule has 1 atom stereocenters. The van der Waals surface area contributed by atoms with Crippen LogP contribution in [0.25, 0.3) is 0 Å². The van der Waals surface area contributed by atoms with Gasteiger partial charge in [-0.15, -0.1) is 12.4 Å². The molecule has 19 heavy (non-hydrogen) atoms. The fourth-order valence-electron chi connectivity index (χ4n) is 2.24. The van der Waals surface area contributed by atoms with Gasteiger partial charge in [-0.05, 0) is 55.6 Å². The SMILES string of the molecule is COCCOc1ccc(Br)c(CC2CCNC2)c1.Cl. The van der Waals surface area contributed by atoms with Crippen molar-refractivity contribution in [1.29, 1.82) is 0 Å². The van der Waals surface area contributed by atoms with E-state index in [9.17, 15) is 0 Å². The summed E-state index contributed by atoms with van der Waals surface area (Å²) in [5, 5.41) is 3.41. The van der Waals surface area contributed by atoms with Gasteiger partial charge in [0.05, 0.1) is 6.61 Å². The Kier molecular flexibility index (Phi) is 7.76. The van der Waals surface area contributed by atoms with Crippen LogP contribution in [-0.4, -0.2) is 33.4 Å². The van der Waals surface area contributed by atoms with Gasteiger partial charge in [0, 0.05) is 11.6 Å². The summed E-state index contributed by atoms with van der Waals surface area (Å²) in [6, 6.07) is 6.20. The number of ether oxygens (including phenoxy) is 2. The van der Waals surface area contributed by atoms with Crippen LogP contribution in [0.15, 0.2) is 22.7 Å². The second-order valence-electron chi connectivity index (χ2n) is 4.66. The van der Waals surface area contributed by atoms with Gasteiger partial charge in [-0.2, -0.15) is 0 Å². The summed E-state index contributed by atoms with van der Waals surface area (Å²) < 4.78 is 11.8. The Morgan fingerprint density at radius 2 is 2.21 bits per heavy atom. The van der Waals surface area contributed by atoms with Crippen LogP contribution in [0.2, 0.25) is 0 Å². The molecule has 0 bridgehead atoms. The Morgan fingerprint density at radius 3 is 2.89 bits per heavy atom. The van der Waals surface area contributed by atoms with Gasteiger partial charge in [-0.1, -0.05) is 15.9 Å². The van der Waals surface area contributed by atoms with Crippen LogP contribution < -0.4 is 10.1 Å². The number of methoxy groups -OCH3 is 1. The van der Waals surface area contributed by atoms with Gasteiger partial charge in [0.1, 0.15) is 12.4 Å². The minimum absolute atomic E-state index is 0. The predicted molar refractivity (Wildman–Crippen MR) is 83.4 cm³/mol. The van der Waals surface area contributed by atoms with Crippen LogP contribution >= 0.6 is 28.3 Å². The standard InChI is InChI=1S/C14H20BrNO2.ClH/c1-17-6-7-18-13-2-3-14(15)12(9-13)8-11-4-5-16-10-11;/h2-3,9,11,16H,4-8,10H2,1H3;1H. The van der Waals surface area contributed by atoms with Crippen molar-refractivity contribution in [2.24, 2.45) is 5.92 Å². The highest BCUT2D eigenvalue weighted by atomic mass is 79.9. The maximum absolute atomic E-state index is 5.65. The molecule has 3 nitrogen and oxygen atoms in total. The van der Waals surface area contributed by atoms with Crippen molar-refractivity contribution in [2.45, 2.75) is 12.8 Å². The fraction of sp³-hybridized carbons (Fsp3) is 0.571. The Hall–Kier alpha value is -0.290. The predicted octanol–water partition coefficient (Wildman–Crippen LogP) is 3.05. The van der Waals surface area contributed by atoms with Gasteiger partial charge in [0.2, 0.25) is 0 Å². The molecule has 0 aliphatic carbocycles. The molecule has 1 saturated heterocycles. The third-order valence-electron chi connectivity index (χ3n) is 3.24. The van der Waals surface area contributed by atoms with E-state index in [-0.39, 0.29) is 12.4 Å². The molecule has 1 fully saturated rings. The molecule has 1 aliphatic heterocycles. The first-order valence-corrected chi connectivity index (χ1v) is 7.20. The average molecular weight is 351 g/mol. The van der Waals surface area contributed by atoms with Gasteiger partial charge in [0.15, 0.2) is 0 Å². The van der Waals surface area contributed by atoms with E-state index in [1.807, 2.05) is 6.07 Å². The smallest absolute Gasteiger partial charge is 0.119 e. The number of hydrogen-bond donors (Lipinski definition) is 1. The van der Waals surface area contributed by atoms with Gasteiger partial charge in [0.25, 0.3) is 0 Å². The average Bonchev–Trinajstić information content (AvgIpc) is 2.86. The summed E-state index contributed by atoms with van der Waals surface area (Å²) in [6.45, 7) is 3.49. The zero-order valence-electron chi connectivity index (χ0n) is 11.2. The van der Waals surface area contributed by atoms with Crippen molar-refractivity contribution in [3.05, 3.63) is 28.2 Å². The van der Waals surface area contributed by atoms with Crippen LogP contribution in [-0.2, 0) is 11.2 Å². The normalized spacial score (nSPS) is 18.1. The first-order chi connectivity index (χ1) is 8.79. The zero-order chi connectivity index (χ0) is 12.8. The summed E-state index contributed by atoms with van der Waals surface area (Å²) in [6.07, 6.45) is 2.37. The molecule has 2 rings (SSSR count). The maximum Gasteiger partial charge on any atom is 0.119 e. The lowest BCUT2D eigenvalue weighted by Crippen LogP contribution is -2.11. The van der Waals surface area contributed by atoms with Gasteiger partial charge in [-0.3, -0.25) is 0 Å². The minimum atomic E-state index is 0. The molecule has 1 aromatic carbocycles. The number of halogens is 2. The van der Waals surface area contributed by atoms with Crippen LogP contribution in [0.4, 0.5) is 0 Å². The highest BCUT2D eigenvalue weighted by molar-refractivity contribution is 9.10. The van der Waals surface area contributed by atoms with Crippen LogP contribution in [0, 0.1) is 5.92 Å². The molecule has 1 aromatic rings. The molecule has 108 valence electrons. The van der Waals surface area contributed by atoms with Crippen molar-refractivity contribution in [2.75, 3.05) is 33.4 Å². The Labute approximate surface area is 129 Å². The summed E-state index contributed by atoms with van der Waals surface area (Å²) >= 11 is 3.62. The van der Waals surface area contributed by atoms with Crippen LogP contribution in [0.3, 0.4) is 0 Å². The van der Waals surface area contributed by atoms with Crippen molar-refractivity contribution in [1.82, 2.24) is 5.32 Å². The molecular formula is C14H21BrClNO2. The third kappa shape index (κ3) is 5.30. The molecule has 1 aliphatic rings. The quantitative estimate of drug-likeness (QED) is 0.800. The highest BCUT2D eigenvalue weighted by Gasteiger charge is 2.16. The summed E-state index contributed by atoms with van der Waals surface area (Å²) in [5.74, 6) is 1.67. The Morgan fingerprint density at radius 1 is 1.37 bits per heavy atom. The van der Waals surface area contributed by atoms with Crippen molar-refractivity contribution < 1.29 is 9.47 Å². The fourth-order valence-corrected chi connectivity index (χ4v) is 2.65. The second-order valence-corrected chi connectivity index (χ2v) is 5.51. The van der Waals surface area contributed by atoms with Crippen molar-refractivity contribution >= 4 is 28.3 Å². The third-order valence-corrected chi connectivity index (χ3v) is 4.02. The minimum Gasteiger partial charge on any atom is -0.491 e. The molecule has 5 heteroatoms. The van der Waals surface area contributed by atoms with Crippen molar-refractivity contribution in [3.8, 4) is 5.75 Å². The lowest BCUT2D eigenvalue weighted by Gasteiger charge is -2.12. The topological polar surface area (TPSA) is 30.5 Å². The summed E-state index contributed by atoms with van der Waals surface area (Å²) in [5.41, 5.74) is 1.33. The number of hydrogen-bond acceptors (Lipinski definition) is 3. The summed E-state index contributed by atoms with van der Waals surface area (Å²) in [7, 11) is 1.68. The molecule has 0 radical (unpaired) electrons. The van der Waals surface area contributed by atoms with E-state index >= 15 is 0 Å². The highest BCUT2D eigenvalue weighted by Crippen LogP contribution is 2.26. The van der Waals surface area contributed by atoms with E-state index in [0.717, 1.165) is 31.2 Å². The molecule has 0 spiro atoms. The molecule has 0 saturated carbocycles. The molecule has 0 aromatic heterocycles. The van der Waals surface area contributed by atoms with E-state index in [0.29, 0.717) is 13.2 Å². The summed E-state index contributed by atoms with van der Waals surface area (Å²) in [4.78, 5) is 0. The Bertz CT molecular complexity index is 384. The van der Waals surface area contributed by atoms with E-state index in [1.54, 1.807) is 7.11 Å². The Balaban J connectivity index is 0.00000180. The first-order valence-electron chi connectivity index (χ1n) is 6.40. The molecule has 1 unspecified atom stereocenters. The number of benzene rings is 1. The first kappa shape index (κ1) is 16.8. The molecule has 1 heterocycles. The van der Waals surface area contributed by atoms with Crippen LogP contribution in [0.1, 0.15) is 12.0 Å². The van der Waals surface area contributed by atoms with Gasteiger partial charge < -0.3 is 14.8 Å².